The summed E-state index contributed by atoms with van der Waals surface area (Å²) in [5.74, 6) is 0.426. The van der Waals surface area contributed by atoms with Crippen molar-refractivity contribution in [2.75, 3.05) is 23.8 Å². The molecule has 0 aliphatic carbocycles. The summed E-state index contributed by atoms with van der Waals surface area (Å²) in [6.45, 7) is 2.67. The quantitative estimate of drug-likeness (QED) is 0.448. The van der Waals surface area contributed by atoms with E-state index in [1.165, 1.54) is 11.8 Å². The Labute approximate surface area is 199 Å². The molecule has 1 saturated heterocycles. The van der Waals surface area contributed by atoms with Crippen LogP contribution in [0.5, 0.6) is 0 Å². The lowest BCUT2D eigenvalue weighted by Crippen LogP contribution is -2.42. The van der Waals surface area contributed by atoms with Gasteiger partial charge in [-0.1, -0.05) is 85.8 Å². The minimum atomic E-state index is -3.05. The summed E-state index contributed by atoms with van der Waals surface area (Å²) in [7, 11) is -3.05. The number of imidazole rings is 1. The molecular formula is C25H29N3O3S2. The van der Waals surface area contributed by atoms with Gasteiger partial charge in [0.2, 0.25) is 5.91 Å². The summed E-state index contributed by atoms with van der Waals surface area (Å²) < 4.78 is 23.9. The number of carbonyl (C=O) groups excluding carboxylic acids is 1. The van der Waals surface area contributed by atoms with Crippen LogP contribution in [-0.2, 0) is 14.6 Å². The first-order valence-corrected chi connectivity index (χ1v) is 14.1. The summed E-state index contributed by atoms with van der Waals surface area (Å²) >= 11 is 1.37. The van der Waals surface area contributed by atoms with Gasteiger partial charge in [-0.2, -0.15) is 0 Å². The lowest BCUT2D eigenvalue weighted by atomic mass is 10.1. The van der Waals surface area contributed by atoms with Gasteiger partial charge in [-0.25, -0.2) is 13.4 Å². The Balaban J connectivity index is 1.53. The molecule has 1 unspecified atom stereocenters. The number of aromatic nitrogens is 2. The highest BCUT2D eigenvalue weighted by atomic mass is 32.2. The van der Waals surface area contributed by atoms with E-state index in [9.17, 15) is 13.2 Å². The number of benzene rings is 2. The van der Waals surface area contributed by atoms with Crippen LogP contribution in [0.4, 0.5) is 0 Å². The second-order valence-electron chi connectivity index (χ2n) is 8.28. The Morgan fingerprint density at radius 1 is 1.09 bits per heavy atom. The molecule has 0 spiro atoms. The third-order valence-electron chi connectivity index (χ3n) is 5.85. The van der Waals surface area contributed by atoms with Gasteiger partial charge in [-0.05, 0) is 12.8 Å². The van der Waals surface area contributed by atoms with Crippen LogP contribution in [0.1, 0.15) is 26.2 Å². The van der Waals surface area contributed by atoms with Crippen molar-refractivity contribution >= 4 is 27.5 Å². The predicted octanol–water partition coefficient (Wildman–Crippen LogP) is 4.65. The average molecular weight is 484 g/mol. The van der Waals surface area contributed by atoms with Crippen molar-refractivity contribution in [3.8, 4) is 22.5 Å². The average Bonchev–Trinajstić information content (AvgIpc) is 3.42. The van der Waals surface area contributed by atoms with Crippen LogP contribution in [0.2, 0.25) is 0 Å². The van der Waals surface area contributed by atoms with E-state index < -0.39 is 9.84 Å². The van der Waals surface area contributed by atoms with E-state index in [0.717, 1.165) is 35.4 Å². The third-order valence-corrected chi connectivity index (χ3v) is 8.45. The number of aromatic amines is 1. The molecule has 6 nitrogen and oxygen atoms in total. The summed E-state index contributed by atoms with van der Waals surface area (Å²) in [6, 6.07) is 19.8. The van der Waals surface area contributed by atoms with Gasteiger partial charge in [0.05, 0.1) is 28.6 Å². The molecular weight excluding hydrogens is 454 g/mol. The molecule has 1 amide bonds. The SMILES string of the molecule is CCCCN(C(=O)CSc1nc(-c2ccccc2)c(-c2ccccc2)[nH]1)C1CCS(=O)(=O)C1. The van der Waals surface area contributed by atoms with Crippen LogP contribution >= 0.6 is 11.8 Å². The summed E-state index contributed by atoms with van der Waals surface area (Å²) in [5.41, 5.74) is 3.80. The van der Waals surface area contributed by atoms with Crippen LogP contribution in [0, 0.1) is 0 Å². The number of thioether (sulfide) groups is 1. The number of amides is 1. The van der Waals surface area contributed by atoms with Crippen molar-refractivity contribution in [2.24, 2.45) is 0 Å². The largest absolute Gasteiger partial charge is 0.338 e. The van der Waals surface area contributed by atoms with Crippen LogP contribution < -0.4 is 0 Å². The summed E-state index contributed by atoms with van der Waals surface area (Å²) in [6.07, 6.45) is 2.35. The Morgan fingerprint density at radius 2 is 1.76 bits per heavy atom. The maximum atomic E-state index is 13.1. The zero-order valence-electron chi connectivity index (χ0n) is 18.7. The number of nitrogens with zero attached hydrogens (tertiary/aromatic N) is 2. The minimum Gasteiger partial charge on any atom is -0.338 e. The molecule has 1 aliphatic heterocycles. The second-order valence-corrected chi connectivity index (χ2v) is 11.5. The van der Waals surface area contributed by atoms with Gasteiger partial charge >= 0.3 is 0 Å². The molecule has 4 rings (SSSR count). The number of hydrogen-bond acceptors (Lipinski definition) is 5. The van der Waals surface area contributed by atoms with Crippen LogP contribution in [-0.4, -0.2) is 59.0 Å². The van der Waals surface area contributed by atoms with Crippen molar-refractivity contribution in [2.45, 2.75) is 37.4 Å². The van der Waals surface area contributed by atoms with E-state index in [1.54, 1.807) is 4.90 Å². The molecule has 3 aromatic rings. The molecule has 8 heteroatoms. The number of hydrogen-bond donors (Lipinski definition) is 1. The van der Waals surface area contributed by atoms with Crippen molar-refractivity contribution in [3.05, 3.63) is 60.7 Å². The summed E-state index contributed by atoms with van der Waals surface area (Å²) in [4.78, 5) is 23.1. The first kappa shape index (κ1) is 23.6. The molecule has 1 fully saturated rings. The molecule has 1 aromatic heterocycles. The van der Waals surface area contributed by atoms with Crippen molar-refractivity contribution < 1.29 is 13.2 Å². The standard InChI is InChI=1S/C25H29N3O3S2/c1-2-3-15-28(21-14-16-33(30,31)18-21)22(29)17-32-25-26-23(19-10-6-4-7-11-19)24(27-25)20-12-8-5-9-13-20/h4-13,21H,2-3,14-18H2,1H3,(H,26,27). The molecule has 33 heavy (non-hydrogen) atoms. The van der Waals surface area contributed by atoms with E-state index >= 15 is 0 Å². The van der Waals surface area contributed by atoms with E-state index in [4.69, 9.17) is 4.98 Å². The fourth-order valence-corrected chi connectivity index (χ4v) is 6.60. The first-order chi connectivity index (χ1) is 16.0. The molecule has 2 heterocycles. The Bertz CT molecular complexity index is 1120. The lowest BCUT2D eigenvalue weighted by Gasteiger charge is -2.28. The third kappa shape index (κ3) is 5.86. The number of rotatable bonds is 9. The van der Waals surface area contributed by atoms with Gasteiger partial charge in [-0.15, -0.1) is 0 Å². The van der Waals surface area contributed by atoms with Crippen molar-refractivity contribution in [3.63, 3.8) is 0 Å². The number of carbonyl (C=O) groups is 1. The monoisotopic (exact) mass is 483 g/mol. The normalized spacial score (nSPS) is 17.2. The van der Waals surface area contributed by atoms with Crippen LogP contribution in [0.25, 0.3) is 22.5 Å². The smallest absolute Gasteiger partial charge is 0.233 e. The fourth-order valence-electron chi connectivity index (χ4n) is 4.11. The Morgan fingerprint density at radius 3 is 2.36 bits per heavy atom. The van der Waals surface area contributed by atoms with Gasteiger partial charge in [0.15, 0.2) is 15.0 Å². The van der Waals surface area contributed by atoms with Crippen LogP contribution in [0.15, 0.2) is 65.8 Å². The van der Waals surface area contributed by atoms with E-state index in [1.807, 2.05) is 60.7 Å². The van der Waals surface area contributed by atoms with Gasteiger partial charge in [0, 0.05) is 23.7 Å². The number of sulfone groups is 1. The summed E-state index contributed by atoms with van der Waals surface area (Å²) in [5, 5.41) is 0.676. The molecule has 1 atom stereocenters. The zero-order valence-corrected chi connectivity index (χ0v) is 20.4. The van der Waals surface area contributed by atoms with E-state index in [-0.39, 0.29) is 29.2 Å². The number of H-pyrrole nitrogens is 1. The van der Waals surface area contributed by atoms with Gasteiger partial charge in [-0.3, -0.25) is 4.79 Å². The molecule has 1 aliphatic rings. The fraction of sp³-hybridized carbons (Fsp3) is 0.360. The number of unbranched alkanes of at least 4 members (excludes halogenated alkanes) is 1. The Hall–Kier alpha value is -2.58. The highest BCUT2D eigenvalue weighted by Crippen LogP contribution is 2.32. The highest BCUT2D eigenvalue weighted by Gasteiger charge is 2.34. The molecule has 0 saturated carbocycles. The zero-order chi connectivity index (χ0) is 23.3. The first-order valence-electron chi connectivity index (χ1n) is 11.3. The maximum Gasteiger partial charge on any atom is 0.233 e. The van der Waals surface area contributed by atoms with Crippen LogP contribution in [0.3, 0.4) is 0 Å². The van der Waals surface area contributed by atoms with Gasteiger partial charge in [0.25, 0.3) is 0 Å². The molecule has 1 N–H and O–H groups in total. The Kier molecular flexibility index (Phi) is 7.55. The minimum absolute atomic E-state index is 0.0329. The molecule has 0 radical (unpaired) electrons. The van der Waals surface area contributed by atoms with E-state index in [0.29, 0.717) is 18.1 Å². The van der Waals surface area contributed by atoms with E-state index in [2.05, 4.69) is 11.9 Å². The number of nitrogens with one attached hydrogen (secondary N) is 1. The molecule has 174 valence electrons. The predicted molar refractivity (Wildman–Crippen MR) is 134 cm³/mol. The van der Waals surface area contributed by atoms with Gasteiger partial charge < -0.3 is 9.88 Å². The highest BCUT2D eigenvalue weighted by molar-refractivity contribution is 7.99. The van der Waals surface area contributed by atoms with Crippen molar-refractivity contribution in [1.82, 2.24) is 14.9 Å². The molecule has 0 bridgehead atoms. The van der Waals surface area contributed by atoms with Crippen molar-refractivity contribution in [1.29, 1.82) is 0 Å². The second kappa shape index (κ2) is 10.6. The molecule has 2 aromatic carbocycles. The topological polar surface area (TPSA) is 83.1 Å². The van der Waals surface area contributed by atoms with Gasteiger partial charge in [0.1, 0.15) is 0 Å². The maximum absolute atomic E-state index is 13.1. The lowest BCUT2D eigenvalue weighted by molar-refractivity contribution is -0.130.